The third-order valence-corrected chi connectivity index (χ3v) is 4.78. The van der Waals surface area contributed by atoms with Gasteiger partial charge in [0.05, 0.1) is 12.0 Å². The molecule has 0 atom stereocenters. The van der Waals surface area contributed by atoms with E-state index in [1.165, 1.54) is 23.5 Å². The zero-order valence-electron chi connectivity index (χ0n) is 15.3. The fraction of sp³-hybridized carbons (Fsp3) is 0.190. The number of aromatic nitrogens is 2. The Bertz CT molecular complexity index is 1180. The molecule has 1 amide bonds. The van der Waals surface area contributed by atoms with Crippen LogP contribution in [0.25, 0.3) is 33.8 Å². The summed E-state index contributed by atoms with van der Waals surface area (Å²) in [5.41, 5.74) is 2.57. The van der Waals surface area contributed by atoms with Crippen LogP contribution < -0.4 is 0 Å². The molecule has 0 aliphatic carbocycles. The van der Waals surface area contributed by atoms with Crippen LogP contribution in [0.15, 0.2) is 57.7 Å². The first-order valence-corrected chi connectivity index (χ1v) is 9.25. The number of hydroxylamine groups is 2. The molecule has 1 aliphatic heterocycles. The Morgan fingerprint density at radius 2 is 1.97 bits per heavy atom. The van der Waals surface area contributed by atoms with E-state index in [4.69, 9.17) is 13.8 Å². The summed E-state index contributed by atoms with van der Waals surface area (Å²) >= 11 is 0. The Morgan fingerprint density at radius 3 is 2.76 bits per heavy atom. The van der Waals surface area contributed by atoms with E-state index in [0.717, 1.165) is 12.8 Å². The van der Waals surface area contributed by atoms with Crippen LogP contribution in [0.5, 0.6) is 0 Å². The van der Waals surface area contributed by atoms with Crippen molar-refractivity contribution in [2.75, 3.05) is 13.2 Å². The lowest BCUT2D eigenvalue weighted by atomic mass is 10.1. The highest BCUT2D eigenvalue weighted by Gasteiger charge is 2.22. The van der Waals surface area contributed by atoms with Gasteiger partial charge >= 0.3 is 0 Å². The topological polar surface area (TPSA) is 81.6 Å². The van der Waals surface area contributed by atoms with Crippen LogP contribution in [0.2, 0.25) is 0 Å². The van der Waals surface area contributed by atoms with E-state index in [0.29, 0.717) is 52.5 Å². The minimum atomic E-state index is -0.335. The molecule has 0 unspecified atom stereocenters. The van der Waals surface area contributed by atoms with E-state index in [1.54, 1.807) is 30.3 Å². The van der Waals surface area contributed by atoms with Crippen molar-refractivity contribution in [3.63, 3.8) is 0 Å². The van der Waals surface area contributed by atoms with Crippen LogP contribution in [0.4, 0.5) is 4.39 Å². The van der Waals surface area contributed by atoms with Crippen LogP contribution in [0, 0.1) is 5.82 Å². The minimum absolute atomic E-state index is 0.203. The van der Waals surface area contributed by atoms with Crippen LogP contribution in [-0.4, -0.2) is 34.3 Å². The number of nitrogens with zero attached hydrogens (tertiary/aromatic N) is 3. The van der Waals surface area contributed by atoms with Gasteiger partial charge in [0.25, 0.3) is 5.91 Å². The van der Waals surface area contributed by atoms with Gasteiger partial charge in [-0.1, -0.05) is 5.16 Å². The molecule has 2 aromatic heterocycles. The van der Waals surface area contributed by atoms with Crippen molar-refractivity contribution in [3.05, 3.63) is 60.1 Å². The Balaban J connectivity index is 1.49. The highest BCUT2D eigenvalue weighted by Crippen LogP contribution is 2.31. The maximum atomic E-state index is 13.1. The standard InChI is InChI=1S/C21H16FN3O4/c22-15-6-3-13(4-7-15)20-23-17(12-27-20)19-16-11-14(5-8-18(16)29-24-19)21(26)25-9-1-2-10-28-25/h3-8,11-12H,1-2,9-10H2. The van der Waals surface area contributed by atoms with Crippen molar-refractivity contribution in [3.8, 4) is 22.8 Å². The number of fused-ring (bicyclic) bond motifs is 1. The van der Waals surface area contributed by atoms with Gasteiger partial charge in [0.15, 0.2) is 5.58 Å². The summed E-state index contributed by atoms with van der Waals surface area (Å²) in [6.45, 7) is 1.11. The van der Waals surface area contributed by atoms with Gasteiger partial charge in [0, 0.05) is 17.7 Å². The van der Waals surface area contributed by atoms with Crippen molar-refractivity contribution in [1.82, 2.24) is 15.2 Å². The number of amides is 1. The zero-order valence-corrected chi connectivity index (χ0v) is 15.3. The first-order chi connectivity index (χ1) is 14.2. The number of hydrogen-bond acceptors (Lipinski definition) is 6. The largest absolute Gasteiger partial charge is 0.444 e. The maximum absolute atomic E-state index is 13.1. The Morgan fingerprint density at radius 1 is 1.10 bits per heavy atom. The fourth-order valence-corrected chi connectivity index (χ4v) is 3.26. The summed E-state index contributed by atoms with van der Waals surface area (Å²) in [7, 11) is 0. The van der Waals surface area contributed by atoms with Gasteiger partial charge in [-0.05, 0) is 55.3 Å². The average molecular weight is 393 g/mol. The maximum Gasteiger partial charge on any atom is 0.277 e. The van der Waals surface area contributed by atoms with Crippen LogP contribution in [-0.2, 0) is 4.84 Å². The van der Waals surface area contributed by atoms with E-state index < -0.39 is 0 Å². The molecular weight excluding hydrogens is 377 g/mol. The third-order valence-electron chi connectivity index (χ3n) is 4.78. The summed E-state index contributed by atoms with van der Waals surface area (Å²) in [6.07, 6.45) is 3.32. The Hall–Kier alpha value is -3.52. The predicted octanol–water partition coefficient (Wildman–Crippen LogP) is 4.46. The molecule has 3 heterocycles. The third kappa shape index (κ3) is 3.27. The first kappa shape index (κ1) is 17.6. The molecule has 0 spiro atoms. The van der Waals surface area contributed by atoms with Crippen molar-refractivity contribution in [1.29, 1.82) is 0 Å². The van der Waals surface area contributed by atoms with Gasteiger partial charge in [-0.15, -0.1) is 0 Å². The molecule has 8 heteroatoms. The summed E-state index contributed by atoms with van der Waals surface area (Å²) in [5.74, 6) is -0.200. The molecule has 0 N–H and O–H groups in total. The lowest BCUT2D eigenvalue weighted by Crippen LogP contribution is -2.35. The van der Waals surface area contributed by atoms with Gasteiger partial charge in [-0.2, -0.15) is 0 Å². The molecule has 2 aromatic carbocycles. The van der Waals surface area contributed by atoms with Gasteiger partial charge in [0.1, 0.15) is 23.5 Å². The van der Waals surface area contributed by atoms with Crippen LogP contribution >= 0.6 is 0 Å². The molecule has 0 saturated carbocycles. The van der Waals surface area contributed by atoms with E-state index >= 15 is 0 Å². The van der Waals surface area contributed by atoms with Crippen molar-refractivity contribution in [2.45, 2.75) is 12.8 Å². The molecule has 29 heavy (non-hydrogen) atoms. The predicted molar refractivity (Wildman–Crippen MR) is 101 cm³/mol. The first-order valence-electron chi connectivity index (χ1n) is 9.25. The molecule has 7 nitrogen and oxygen atoms in total. The summed E-state index contributed by atoms with van der Waals surface area (Å²) in [4.78, 5) is 22.6. The normalized spacial score (nSPS) is 14.4. The Labute approximate surface area is 164 Å². The molecular formula is C21H16FN3O4. The smallest absolute Gasteiger partial charge is 0.277 e. The molecule has 1 saturated heterocycles. The van der Waals surface area contributed by atoms with Gasteiger partial charge in [0.2, 0.25) is 5.89 Å². The van der Waals surface area contributed by atoms with E-state index in [9.17, 15) is 9.18 Å². The van der Waals surface area contributed by atoms with Crippen molar-refractivity contribution >= 4 is 16.9 Å². The van der Waals surface area contributed by atoms with Gasteiger partial charge < -0.3 is 8.94 Å². The highest BCUT2D eigenvalue weighted by atomic mass is 19.1. The SMILES string of the molecule is O=C(c1ccc2onc(-c3coc(-c4ccc(F)cc4)n3)c2c1)N1CCCCO1. The lowest BCUT2D eigenvalue weighted by Gasteiger charge is -2.25. The molecule has 1 aliphatic rings. The number of carbonyl (C=O) groups excluding carboxylic acids is 1. The van der Waals surface area contributed by atoms with Crippen molar-refractivity contribution in [2.24, 2.45) is 0 Å². The van der Waals surface area contributed by atoms with Crippen LogP contribution in [0.3, 0.4) is 0 Å². The number of halogens is 1. The molecule has 1 fully saturated rings. The number of oxazole rings is 1. The van der Waals surface area contributed by atoms with E-state index in [2.05, 4.69) is 10.1 Å². The van der Waals surface area contributed by atoms with E-state index in [-0.39, 0.29) is 11.7 Å². The summed E-state index contributed by atoms with van der Waals surface area (Å²) in [5, 5.41) is 6.12. The number of carbonyl (C=O) groups is 1. The van der Waals surface area contributed by atoms with Gasteiger partial charge in [-0.25, -0.2) is 14.4 Å². The summed E-state index contributed by atoms with van der Waals surface area (Å²) in [6, 6.07) is 10.9. The average Bonchev–Trinajstić information content (AvgIpc) is 3.41. The number of benzene rings is 2. The fourth-order valence-electron chi connectivity index (χ4n) is 3.26. The molecule has 4 aromatic rings. The van der Waals surface area contributed by atoms with Crippen molar-refractivity contribution < 1.29 is 23.0 Å². The van der Waals surface area contributed by atoms with Crippen LogP contribution in [0.1, 0.15) is 23.2 Å². The van der Waals surface area contributed by atoms with E-state index in [1.807, 2.05) is 0 Å². The monoisotopic (exact) mass is 393 g/mol. The second-order valence-corrected chi connectivity index (χ2v) is 6.73. The molecule has 0 radical (unpaired) electrons. The molecule has 146 valence electrons. The second kappa shape index (κ2) is 7.14. The quantitative estimate of drug-likeness (QED) is 0.511. The lowest BCUT2D eigenvalue weighted by molar-refractivity contribution is -0.144. The minimum Gasteiger partial charge on any atom is -0.444 e. The summed E-state index contributed by atoms with van der Waals surface area (Å²) < 4.78 is 24.0. The molecule has 5 rings (SSSR count). The number of hydrogen-bond donors (Lipinski definition) is 0. The highest BCUT2D eigenvalue weighted by molar-refractivity contribution is 6.00. The van der Waals surface area contributed by atoms with Gasteiger partial charge in [-0.3, -0.25) is 9.63 Å². The Kier molecular flexibility index (Phi) is 4.33. The zero-order chi connectivity index (χ0) is 19.8. The number of rotatable bonds is 3. The molecule has 0 bridgehead atoms. The second-order valence-electron chi connectivity index (χ2n) is 6.73.